The first-order valence-corrected chi connectivity index (χ1v) is 8.94. The third kappa shape index (κ3) is 4.54. The molecule has 1 aromatic carbocycles. The molecule has 1 atom stereocenters. The van der Waals surface area contributed by atoms with E-state index >= 15 is 0 Å². The van der Waals surface area contributed by atoms with Gasteiger partial charge in [0.15, 0.2) is 9.84 Å². The number of amides is 1. The fourth-order valence-electron chi connectivity index (χ4n) is 1.96. The lowest BCUT2D eigenvalue weighted by atomic mass is 10.2. The predicted octanol–water partition coefficient (Wildman–Crippen LogP) is 1.39. The van der Waals surface area contributed by atoms with Gasteiger partial charge < -0.3 is 5.32 Å². The Morgan fingerprint density at radius 3 is 2.63 bits per heavy atom. The summed E-state index contributed by atoms with van der Waals surface area (Å²) in [6.45, 7) is 2.02. The standard InChI is InChI=1S/C13H17NO3S2/c1-10-2-4-12(5-3-10)18-8-13(15)14-11-6-7-19(16,17)9-11/h2-5,11H,6-9H2,1H3,(H,14,15)/t11-/m1/s1. The third-order valence-corrected chi connectivity index (χ3v) is 5.77. The van der Waals surface area contributed by atoms with E-state index in [9.17, 15) is 13.2 Å². The van der Waals surface area contributed by atoms with Crippen LogP contribution in [0.5, 0.6) is 0 Å². The number of thioether (sulfide) groups is 1. The molecule has 4 nitrogen and oxygen atoms in total. The van der Waals surface area contributed by atoms with Gasteiger partial charge in [0.05, 0.1) is 17.3 Å². The number of hydrogen-bond acceptors (Lipinski definition) is 4. The van der Waals surface area contributed by atoms with Crippen molar-refractivity contribution in [3.63, 3.8) is 0 Å². The minimum atomic E-state index is -2.93. The van der Waals surface area contributed by atoms with E-state index in [1.165, 1.54) is 17.3 Å². The van der Waals surface area contributed by atoms with Gasteiger partial charge in [0, 0.05) is 10.9 Å². The van der Waals surface area contributed by atoms with Gasteiger partial charge in [-0.1, -0.05) is 17.7 Å². The molecule has 0 radical (unpaired) electrons. The summed E-state index contributed by atoms with van der Waals surface area (Å²) in [5, 5.41) is 2.78. The Kier molecular flexibility index (Phi) is 4.52. The van der Waals surface area contributed by atoms with Crippen LogP contribution in [0.1, 0.15) is 12.0 Å². The second kappa shape index (κ2) is 5.96. The highest BCUT2D eigenvalue weighted by Crippen LogP contribution is 2.18. The van der Waals surface area contributed by atoms with Crippen LogP contribution < -0.4 is 5.32 Å². The average Bonchev–Trinajstić information content (AvgIpc) is 2.68. The lowest BCUT2D eigenvalue weighted by Gasteiger charge is -2.10. The number of nitrogens with one attached hydrogen (secondary N) is 1. The molecule has 1 aromatic rings. The molecule has 1 N–H and O–H groups in total. The molecule has 0 bridgehead atoms. The van der Waals surface area contributed by atoms with Gasteiger partial charge in [-0.3, -0.25) is 4.79 Å². The molecule has 1 heterocycles. The molecular weight excluding hydrogens is 282 g/mol. The van der Waals surface area contributed by atoms with Crippen molar-refractivity contribution in [1.29, 1.82) is 0 Å². The zero-order valence-electron chi connectivity index (χ0n) is 10.8. The van der Waals surface area contributed by atoms with Crippen LogP contribution in [0.3, 0.4) is 0 Å². The van der Waals surface area contributed by atoms with Crippen molar-refractivity contribution in [3.05, 3.63) is 29.8 Å². The molecule has 0 spiro atoms. The minimum absolute atomic E-state index is 0.0773. The van der Waals surface area contributed by atoms with E-state index in [0.717, 1.165) is 4.90 Å². The quantitative estimate of drug-likeness (QED) is 0.853. The van der Waals surface area contributed by atoms with Gasteiger partial charge in [-0.25, -0.2) is 8.42 Å². The molecule has 104 valence electrons. The zero-order chi connectivity index (χ0) is 13.9. The van der Waals surface area contributed by atoms with E-state index in [-0.39, 0.29) is 23.5 Å². The Morgan fingerprint density at radius 2 is 2.05 bits per heavy atom. The van der Waals surface area contributed by atoms with Crippen LogP contribution in [0.15, 0.2) is 29.2 Å². The Bertz CT molecular complexity index is 552. The summed E-state index contributed by atoms with van der Waals surface area (Å²) in [6, 6.07) is 7.75. The lowest BCUT2D eigenvalue weighted by molar-refractivity contribution is -0.119. The summed E-state index contributed by atoms with van der Waals surface area (Å²) in [6.07, 6.45) is 0.531. The average molecular weight is 299 g/mol. The van der Waals surface area contributed by atoms with Crippen LogP contribution in [-0.4, -0.2) is 37.6 Å². The van der Waals surface area contributed by atoms with E-state index in [4.69, 9.17) is 0 Å². The normalized spacial score (nSPS) is 21.2. The van der Waals surface area contributed by atoms with Crippen LogP contribution in [0.2, 0.25) is 0 Å². The maximum absolute atomic E-state index is 11.7. The van der Waals surface area contributed by atoms with Gasteiger partial charge >= 0.3 is 0 Å². The molecule has 0 aromatic heterocycles. The fourth-order valence-corrected chi connectivity index (χ4v) is 4.34. The van der Waals surface area contributed by atoms with Crippen molar-refractivity contribution >= 4 is 27.5 Å². The largest absolute Gasteiger partial charge is 0.352 e. The van der Waals surface area contributed by atoms with Gasteiger partial charge in [0.25, 0.3) is 0 Å². The lowest BCUT2D eigenvalue weighted by Crippen LogP contribution is -2.36. The summed E-state index contributed by atoms with van der Waals surface area (Å²) in [5.74, 6) is 0.476. The van der Waals surface area contributed by atoms with E-state index < -0.39 is 9.84 Å². The van der Waals surface area contributed by atoms with Gasteiger partial charge in [0.1, 0.15) is 0 Å². The molecule has 1 saturated heterocycles. The molecule has 19 heavy (non-hydrogen) atoms. The zero-order valence-corrected chi connectivity index (χ0v) is 12.4. The number of aryl methyl sites for hydroxylation is 1. The number of sulfone groups is 1. The SMILES string of the molecule is Cc1ccc(SCC(=O)N[C@@H]2CCS(=O)(=O)C2)cc1. The first-order valence-electron chi connectivity index (χ1n) is 6.14. The summed E-state index contributed by atoms with van der Waals surface area (Å²) in [7, 11) is -2.93. The third-order valence-electron chi connectivity index (χ3n) is 2.99. The van der Waals surface area contributed by atoms with Crippen LogP contribution in [0, 0.1) is 6.92 Å². The Hall–Kier alpha value is -1.01. The van der Waals surface area contributed by atoms with Gasteiger partial charge in [0.2, 0.25) is 5.91 Å². The first kappa shape index (κ1) is 14.4. The first-order chi connectivity index (χ1) is 8.94. The van der Waals surface area contributed by atoms with Crippen molar-refractivity contribution in [2.45, 2.75) is 24.3 Å². The monoisotopic (exact) mass is 299 g/mol. The second-order valence-electron chi connectivity index (χ2n) is 4.77. The molecule has 1 fully saturated rings. The second-order valence-corrected chi connectivity index (χ2v) is 8.05. The van der Waals surface area contributed by atoms with Crippen LogP contribution >= 0.6 is 11.8 Å². The van der Waals surface area contributed by atoms with Gasteiger partial charge in [-0.2, -0.15) is 0 Å². The van der Waals surface area contributed by atoms with E-state index in [1.54, 1.807) is 0 Å². The number of carbonyl (C=O) groups is 1. The van der Waals surface area contributed by atoms with Crippen LogP contribution in [0.4, 0.5) is 0 Å². The highest BCUT2D eigenvalue weighted by molar-refractivity contribution is 8.00. The molecule has 2 rings (SSSR count). The van der Waals surface area contributed by atoms with Crippen molar-refractivity contribution in [2.75, 3.05) is 17.3 Å². The van der Waals surface area contributed by atoms with Gasteiger partial charge in [-0.05, 0) is 25.5 Å². The molecule has 0 saturated carbocycles. The van der Waals surface area contributed by atoms with Crippen molar-refractivity contribution in [1.82, 2.24) is 5.32 Å². The van der Waals surface area contributed by atoms with Crippen molar-refractivity contribution in [3.8, 4) is 0 Å². The van der Waals surface area contributed by atoms with Crippen LogP contribution in [-0.2, 0) is 14.6 Å². The molecule has 0 aliphatic carbocycles. The highest BCUT2D eigenvalue weighted by Gasteiger charge is 2.28. The van der Waals surface area contributed by atoms with Gasteiger partial charge in [-0.15, -0.1) is 11.8 Å². The summed E-state index contributed by atoms with van der Waals surface area (Å²) in [4.78, 5) is 12.8. The van der Waals surface area contributed by atoms with Crippen molar-refractivity contribution in [2.24, 2.45) is 0 Å². The maximum atomic E-state index is 11.7. The van der Waals surface area contributed by atoms with E-state index in [2.05, 4.69) is 5.32 Å². The molecule has 1 aliphatic rings. The number of hydrogen-bond donors (Lipinski definition) is 1. The summed E-state index contributed by atoms with van der Waals surface area (Å²) >= 11 is 1.46. The molecule has 0 unspecified atom stereocenters. The van der Waals surface area contributed by atoms with Crippen LogP contribution in [0.25, 0.3) is 0 Å². The van der Waals surface area contributed by atoms with E-state index in [0.29, 0.717) is 12.2 Å². The Balaban J connectivity index is 1.77. The Morgan fingerprint density at radius 1 is 1.37 bits per heavy atom. The van der Waals surface area contributed by atoms with E-state index in [1.807, 2.05) is 31.2 Å². The van der Waals surface area contributed by atoms with Crippen molar-refractivity contribution < 1.29 is 13.2 Å². The number of carbonyl (C=O) groups excluding carboxylic acids is 1. The minimum Gasteiger partial charge on any atom is -0.352 e. The summed E-state index contributed by atoms with van der Waals surface area (Å²) < 4.78 is 22.6. The number of benzene rings is 1. The highest BCUT2D eigenvalue weighted by atomic mass is 32.2. The summed E-state index contributed by atoms with van der Waals surface area (Å²) in [5.41, 5.74) is 1.19. The predicted molar refractivity (Wildman–Crippen MR) is 77.1 cm³/mol. The maximum Gasteiger partial charge on any atom is 0.230 e. The number of rotatable bonds is 4. The molecule has 1 aliphatic heterocycles. The molecular formula is C13H17NO3S2. The Labute approximate surface area is 117 Å². The topological polar surface area (TPSA) is 63.2 Å². The molecule has 6 heteroatoms. The fraction of sp³-hybridized carbons (Fsp3) is 0.462. The smallest absolute Gasteiger partial charge is 0.230 e. The molecule has 1 amide bonds.